The summed E-state index contributed by atoms with van der Waals surface area (Å²) in [7, 11) is 0. The zero-order valence-electron chi connectivity index (χ0n) is 8.29. The maximum atomic E-state index is 5.64. The van der Waals surface area contributed by atoms with Crippen LogP contribution in [0.3, 0.4) is 0 Å². The molecule has 3 nitrogen and oxygen atoms in total. The van der Waals surface area contributed by atoms with Gasteiger partial charge in [0.25, 0.3) is 0 Å². The van der Waals surface area contributed by atoms with E-state index < -0.39 is 0 Å². The first-order valence-electron chi connectivity index (χ1n) is 4.36. The van der Waals surface area contributed by atoms with Gasteiger partial charge < -0.3 is 5.73 Å². The zero-order valence-corrected chi connectivity index (χ0v) is 9.11. The summed E-state index contributed by atoms with van der Waals surface area (Å²) in [5, 5.41) is 1.04. The molecule has 0 aliphatic rings. The predicted octanol–water partition coefficient (Wildman–Crippen LogP) is 1.66. The minimum absolute atomic E-state index is 0.522. The minimum Gasteiger partial charge on any atom is -0.326 e. The van der Waals surface area contributed by atoms with E-state index in [1.54, 1.807) is 11.8 Å². The maximum Gasteiger partial charge on any atom is 0.126 e. The van der Waals surface area contributed by atoms with Crippen LogP contribution >= 0.6 is 11.8 Å². The largest absolute Gasteiger partial charge is 0.326 e. The number of rotatable bonds is 3. The standard InChI is InChI=1S/C9H15N3S/c1-4-13-9-8(5-10)6(2)11-7(3)12-9/h4-5,10H2,1-3H3. The highest BCUT2D eigenvalue weighted by molar-refractivity contribution is 7.99. The van der Waals surface area contributed by atoms with Gasteiger partial charge in [-0.2, -0.15) is 0 Å². The molecule has 0 amide bonds. The van der Waals surface area contributed by atoms with Crippen molar-refractivity contribution in [2.75, 3.05) is 5.75 Å². The first-order chi connectivity index (χ1) is 6.19. The smallest absolute Gasteiger partial charge is 0.126 e. The average Bonchev–Trinajstić information content (AvgIpc) is 2.04. The highest BCUT2D eigenvalue weighted by Crippen LogP contribution is 2.21. The number of thioether (sulfide) groups is 1. The van der Waals surface area contributed by atoms with E-state index in [1.165, 1.54) is 0 Å². The Balaban J connectivity index is 3.13. The van der Waals surface area contributed by atoms with Crippen LogP contribution in [0.5, 0.6) is 0 Å². The molecule has 2 N–H and O–H groups in total. The molecular formula is C9H15N3S. The van der Waals surface area contributed by atoms with Crippen LogP contribution in [0.2, 0.25) is 0 Å². The van der Waals surface area contributed by atoms with Crippen molar-refractivity contribution in [1.29, 1.82) is 0 Å². The molecule has 0 unspecified atom stereocenters. The summed E-state index contributed by atoms with van der Waals surface area (Å²) < 4.78 is 0. The van der Waals surface area contributed by atoms with Crippen LogP contribution in [0, 0.1) is 13.8 Å². The molecule has 0 spiro atoms. The van der Waals surface area contributed by atoms with Gasteiger partial charge in [0.15, 0.2) is 0 Å². The quantitative estimate of drug-likeness (QED) is 0.591. The van der Waals surface area contributed by atoms with Crippen molar-refractivity contribution < 1.29 is 0 Å². The fourth-order valence-corrected chi connectivity index (χ4v) is 2.07. The number of nitrogens with two attached hydrogens (primary N) is 1. The summed E-state index contributed by atoms with van der Waals surface area (Å²) in [6.45, 7) is 6.52. The van der Waals surface area contributed by atoms with Crippen molar-refractivity contribution in [2.24, 2.45) is 5.73 Å². The summed E-state index contributed by atoms with van der Waals surface area (Å²) in [5.74, 6) is 1.84. The van der Waals surface area contributed by atoms with Crippen LogP contribution < -0.4 is 5.73 Å². The lowest BCUT2D eigenvalue weighted by atomic mass is 10.2. The monoisotopic (exact) mass is 197 g/mol. The van der Waals surface area contributed by atoms with E-state index in [0.717, 1.165) is 27.9 Å². The van der Waals surface area contributed by atoms with Gasteiger partial charge in [-0.15, -0.1) is 11.8 Å². The number of hydrogen-bond acceptors (Lipinski definition) is 4. The van der Waals surface area contributed by atoms with E-state index in [2.05, 4.69) is 16.9 Å². The van der Waals surface area contributed by atoms with Gasteiger partial charge in [-0.3, -0.25) is 0 Å². The molecule has 4 heteroatoms. The van der Waals surface area contributed by atoms with E-state index >= 15 is 0 Å². The summed E-state index contributed by atoms with van der Waals surface area (Å²) >= 11 is 1.72. The van der Waals surface area contributed by atoms with Crippen molar-refractivity contribution in [1.82, 2.24) is 9.97 Å². The maximum absolute atomic E-state index is 5.64. The van der Waals surface area contributed by atoms with Crippen LogP contribution in [0.4, 0.5) is 0 Å². The molecule has 0 bridgehead atoms. The number of aromatic nitrogens is 2. The SMILES string of the molecule is CCSc1nc(C)nc(C)c1CN. The molecule has 13 heavy (non-hydrogen) atoms. The van der Waals surface area contributed by atoms with Crippen molar-refractivity contribution >= 4 is 11.8 Å². The Labute approximate surface area is 83.2 Å². The lowest BCUT2D eigenvalue weighted by molar-refractivity contribution is 0.856. The van der Waals surface area contributed by atoms with E-state index in [4.69, 9.17) is 5.73 Å². The normalized spacial score (nSPS) is 10.5. The average molecular weight is 197 g/mol. The predicted molar refractivity (Wildman–Crippen MR) is 55.8 cm³/mol. The van der Waals surface area contributed by atoms with E-state index in [1.807, 2.05) is 13.8 Å². The Hall–Kier alpha value is -0.610. The summed E-state index contributed by atoms with van der Waals surface area (Å²) in [6, 6.07) is 0. The Bertz CT molecular complexity index is 299. The second kappa shape index (κ2) is 4.58. The van der Waals surface area contributed by atoms with Crippen LogP contribution in [-0.2, 0) is 6.54 Å². The van der Waals surface area contributed by atoms with Crippen LogP contribution in [0.1, 0.15) is 24.0 Å². The molecular weight excluding hydrogens is 182 g/mol. The molecule has 0 aliphatic carbocycles. The fourth-order valence-electron chi connectivity index (χ4n) is 1.20. The number of hydrogen-bond donors (Lipinski definition) is 1. The summed E-state index contributed by atoms with van der Waals surface area (Å²) in [5.41, 5.74) is 7.72. The van der Waals surface area contributed by atoms with E-state index in [9.17, 15) is 0 Å². The van der Waals surface area contributed by atoms with E-state index in [0.29, 0.717) is 6.54 Å². The summed E-state index contributed by atoms with van der Waals surface area (Å²) in [4.78, 5) is 8.65. The van der Waals surface area contributed by atoms with Gasteiger partial charge in [-0.05, 0) is 19.6 Å². The molecule has 1 rings (SSSR count). The van der Waals surface area contributed by atoms with Crippen molar-refractivity contribution in [3.63, 3.8) is 0 Å². The van der Waals surface area contributed by atoms with Crippen molar-refractivity contribution in [2.45, 2.75) is 32.3 Å². The first-order valence-corrected chi connectivity index (χ1v) is 5.34. The van der Waals surface area contributed by atoms with Crippen LogP contribution in [-0.4, -0.2) is 15.7 Å². The van der Waals surface area contributed by atoms with Gasteiger partial charge in [-0.1, -0.05) is 6.92 Å². The number of aryl methyl sites for hydroxylation is 2. The van der Waals surface area contributed by atoms with Gasteiger partial charge in [0.05, 0.1) is 0 Å². The molecule has 0 aromatic carbocycles. The highest BCUT2D eigenvalue weighted by Gasteiger charge is 2.07. The molecule has 1 aromatic heterocycles. The van der Waals surface area contributed by atoms with Gasteiger partial charge in [0, 0.05) is 17.8 Å². The molecule has 0 atom stereocenters. The Morgan fingerprint density at radius 3 is 2.54 bits per heavy atom. The van der Waals surface area contributed by atoms with Crippen molar-refractivity contribution in [3.05, 3.63) is 17.1 Å². The third-order valence-corrected chi connectivity index (χ3v) is 2.67. The first kappa shape index (κ1) is 10.5. The second-order valence-corrected chi connectivity index (χ2v) is 4.03. The highest BCUT2D eigenvalue weighted by atomic mass is 32.2. The molecule has 0 aliphatic heterocycles. The molecule has 0 saturated carbocycles. The lowest BCUT2D eigenvalue weighted by Gasteiger charge is -2.08. The Kier molecular flexibility index (Phi) is 3.69. The minimum atomic E-state index is 0.522. The van der Waals surface area contributed by atoms with Gasteiger partial charge in [0.1, 0.15) is 10.9 Å². The van der Waals surface area contributed by atoms with Crippen molar-refractivity contribution in [3.8, 4) is 0 Å². The summed E-state index contributed by atoms with van der Waals surface area (Å²) in [6.07, 6.45) is 0. The lowest BCUT2D eigenvalue weighted by Crippen LogP contribution is -2.06. The molecule has 1 aromatic rings. The third-order valence-electron chi connectivity index (χ3n) is 1.77. The van der Waals surface area contributed by atoms with E-state index in [-0.39, 0.29) is 0 Å². The molecule has 0 saturated heterocycles. The third kappa shape index (κ3) is 2.42. The Morgan fingerprint density at radius 1 is 1.31 bits per heavy atom. The molecule has 1 heterocycles. The zero-order chi connectivity index (χ0) is 9.84. The molecule has 0 fully saturated rings. The fraction of sp³-hybridized carbons (Fsp3) is 0.556. The molecule has 0 radical (unpaired) electrons. The van der Waals surface area contributed by atoms with Crippen LogP contribution in [0.25, 0.3) is 0 Å². The molecule has 72 valence electrons. The van der Waals surface area contributed by atoms with Gasteiger partial charge in [0.2, 0.25) is 0 Å². The van der Waals surface area contributed by atoms with Crippen LogP contribution in [0.15, 0.2) is 5.03 Å². The Morgan fingerprint density at radius 2 is 2.00 bits per heavy atom. The van der Waals surface area contributed by atoms with Gasteiger partial charge >= 0.3 is 0 Å². The second-order valence-electron chi connectivity index (χ2n) is 2.78. The topological polar surface area (TPSA) is 51.8 Å². The number of nitrogens with zero attached hydrogens (tertiary/aromatic N) is 2. The van der Waals surface area contributed by atoms with Gasteiger partial charge in [-0.25, -0.2) is 9.97 Å².